The van der Waals surface area contributed by atoms with E-state index in [1.165, 1.54) is 11.8 Å². The lowest BCUT2D eigenvalue weighted by molar-refractivity contribution is -0.122. The topological polar surface area (TPSA) is 49.8 Å². The van der Waals surface area contributed by atoms with E-state index in [-0.39, 0.29) is 11.7 Å². The molecule has 122 valence electrons. The zero-order valence-corrected chi connectivity index (χ0v) is 14.6. The zero-order valence-electron chi connectivity index (χ0n) is 12.9. The number of amides is 1. The van der Waals surface area contributed by atoms with Crippen LogP contribution in [0.1, 0.15) is 11.1 Å². The quantitative estimate of drug-likeness (QED) is 0.666. The molecule has 0 atom stereocenters. The van der Waals surface area contributed by atoms with E-state index in [0.29, 0.717) is 15.8 Å². The van der Waals surface area contributed by atoms with E-state index in [2.05, 4.69) is 0 Å². The standard InChI is InChI=1S/C18H15NO3S2/c1-22-15-7-5-12(6-8-15)11-19-17(21)16(24-18(19)23)10-13-3-2-4-14(20)9-13/h2-10,20H,11H2,1H3. The van der Waals surface area contributed by atoms with Crippen molar-refractivity contribution in [1.82, 2.24) is 4.90 Å². The summed E-state index contributed by atoms with van der Waals surface area (Å²) in [7, 11) is 1.61. The fourth-order valence-electron chi connectivity index (χ4n) is 2.32. The van der Waals surface area contributed by atoms with Crippen molar-refractivity contribution in [3.8, 4) is 11.5 Å². The zero-order chi connectivity index (χ0) is 17.1. The third-order valence-corrected chi connectivity index (χ3v) is 4.92. The van der Waals surface area contributed by atoms with E-state index in [1.54, 1.807) is 36.3 Å². The Labute approximate surface area is 149 Å². The molecule has 0 bridgehead atoms. The molecule has 3 rings (SSSR count). The van der Waals surface area contributed by atoms with E-state index in [4.69, 9.17) is 17.0 Å². The Kier molecular flexibility index (Phi) is 4.87. The first-order valence-electron chi connectivity index (χ1n) is 7.24. The van der Waals surface area contributed by atoms with E-state index in [0.717, 1.165) is 16.9 Å². The number of nitrogens with zero attached hydrogens (tertiary/aromatic N) is 1. The summed E-state index contributed by atoms with van der Waals surface area (Å²) in [5.74, 6) is 0.814. The average Bonchev–Trinajstić information content (AvgIpc) is 2.83. The van der Waals surface area contributed by atoms with E-state index < -0.39 is 0 Å². The van der Waals surface area contributed by atoms with Crippen molar-refractivity contribution in [1.29, 1.82) is 0 Å². The van der Waals surface area contributed by atoms with Crippen molar-refractivity contribution in [3.05, 3.63) is 64.6 Å². The Hall–Kier alpha value is -2.31. The molecule has 1 aliphatic rings. The summed E-state index contributed by atoms with van der Waals surface area (Å²) in [4.78, 5) is 14.7. The largest absolute Gasteiger partial charge is 0.508 e. The van der Waals surface area contributed by atoms with Gasteiger partial charge in [-0.15, -0.1) is 0 Å². The first-order chi connectivity index (χ1) is 11.6. The van der Waals surface area contributed by atoms with Gasteiger partial charge in [0.1, 0.15) is 15.8 Å². The third kappa shape index (κ3) is 3.60. The van der Waals surface area contributed by atoms with Gasteiger partial charge in [0.05, 0.1) is 18.6 Å². The number of methoxy groups -OCH3 is 1. The second kappa shape index (κ2) is 7.07. The van der Waals surface area contributed by atoms with Gasteiger partial charge in [-0.2, -0.15) is 0 Å². The smallest absolute Gasteiger partial charge is 0.266 e. The number of ether oxygens (including phenoxy) is 1. The van der Waals surface area contributed by atoms with Gasteiger partial charge in [0.2, 0.25) is 0 Å². The van der Waals surface area contributed by atoms with Crippen molar-refractivity contribution < 1.29 is 14.6 Å². The number of rotatable bonds is 4. The number of hydrogen-bond donors (Lipinski definition) is 1. The van der Waals surface area contributed by atoms with Crippen LogP contribution in [0.25, 0.3) is 6.08 Å². The molecule has 0 aliphatic carbocycles. The average molecular weight is 357 g/mol. The first kappa shape index (κ1) is 16.5. The molecule has 0 spiro atoms. The number of hydrogen-bond acceptors (Lipinski definition) is 5. The van der Waals surface area contributed by atoms with Gasteiger partial charge in [-0.3, -0.25) is 9.69 Å². The minimum Gasteiger partial charge on any atom is -0.508 e. The molecule has 0 unspecified atom stereocenters. The summed E-state index contributed by atoms with van der Waals surface area (Å²) in [6.45, 7) is 0.423. The van der Waals surface area contributed by atoms with Crippen LogP contribution in [-0.2, 0) is 11.3 Å². The lowest BCUT2D eigenvalue weighted by Gasteiger charge is -2.14. The molecule has 4 nitrogen and oxygen atoms in total. The van der Waals surface area contributed by atoms with Crippen molar-refractivity contribution >= 4 is 40.3 Å². The van der Waals surface area contributed by atoms with Gasteiger partial charge in [0, 0.05) is 0 Å². The predicted molar refractivity (Wildman–Crippen MR) is 99.8 cm³/mol. The van der Waals surface area contributed by atoms with Gasteiger partial charge in [0.15, 0.2) is 0 Å². The maximum atomic E-state index is 12.6. The molecule has 1 heterocycles. The summed E-state index contributed by atoms with van der Waals surface area (Å²) in [6, 6.07) is 14.3. The van der Waals surface area contributed by atoms with Gasteiger partial charge >= 0.3 is 0 Å². The molecule has 2 aromatic carbocycles. The van der Waals surface area contributed by atoms with Crippen LogP contribution in [0, 0.1) is 0 Å². The molecule has 1 fully saturated rings. The van der Waals surface area contributed by atoms with Gasteiger partial charge in [-0.25, -0.2) is 0 Å². The Morgan fingerprint density at radius 3 is 2.67 bits per heavy atom. The Morgan fingerprint density at radius 2 is 2.00 bits per heavy atom. The molecule has 0 aromatic heterocycles. The molecule has 1 saturated heterocycles. The van der Waals surface area contributed by atoms with Crippen molar-refractivity contribution in [2.75, 3.05) is 7.11 Å². The van der Waals surface area contributed by atoms with Gasteiger partial charge < -0.3 is 9.84 Å². The van der Waals surface area contributed by atoms with Crippen molar-refractivity contribution in [2.45, 2.75) is 6.54 Å². The highest BCUT2D eigenvalue weighted by Crippen LogP contribution is 2.34. The fourth-order valence-corrected chi connectivity index (χ4v) is 3.57. The Balaban J connectivity index is 1.78. The number of thiocarbonyl (C=S) groups is 1. The summed E-state index contributed by atoms with van der Waals surface area (Å²) in [6.07, 6.45) is 1.74. The molecular weight excluding hydrogens is 342 g/mol. The first-order valence-corrected chi connectivity index (χ1v) is 8.46. The van der Waals surface area contributed by atoms with Crippen LogP contribution in [0.15, 0.2) is 53.4 Å². The van der Waals surface area contributed by atoms with Crippen molar-refractivity contribution in [2.24, 2.45) is 0 Å². The highest BCUT2D eigenvalue weighted by atomic mass is 32.2. The summed E-state index contributed by atoms with van der Waals surface area (Å²) >= 11 is 6.61. The minimum absolute atomic E-state index is 0.121. The second-order valence-corrected chi connectivity index (χ2v) is 6.89. The number of phenols is 1. The number of thioether (sulfide) groups is 1. The molecule has 0 radical (unpaired) electrons. The van der Waals surface area contributed by atoms with E-state index in [9.17, 15) is 9.90 Å². The van der Waals surface area contributed by atoms with Crippen LogP contribution in [0.5, 0.6) is 11.5 Å². The molecule has 1 N–H and O–H groups in total. The van der Waals surface area contributed by atoms with Crippen molar-refractivity contribution in [3.63, 3.8) is 0 Å². The Bertz CT molecular complexity index is 815. The van der Waals surface area contributed by atoms with Gasteiger partial charge in [0.25, 0.3) is 5.91 Å². The highest BCUT2D eigenvalue weighted by molar-refractivity contribution is 8.26. The summed E-state index contributed by atoms with van der Waals surface area (Å²) in [5.41, 5.74) is 1.74. The number of aromatic hydroxyl groups is 1. The third-order valence-electron chi connectivity index (χ3n) is 3.54. The maximum absolute atomic E-state index is 12.6. The lowest BCUT2D eigenvalue weighted by Crippen LogP contribution is -2.27. The second-order valence-electron chi connectivity index (χ2n) is 5.21. The molecule has 0 saturated carbocycles. The SMILES string of the molecule is COc1ccc(CN2C(=O)C(=Cc3cccc(O)c3)SC2=S)cc1. The monoisotopic (exact) mass is 357 g/mol. The van der Waals surface area contributed by atoms with E-state index >= 15 is 0 Å². The van der Waals surface area contributed by atoms with E-state index in [1.807, 2.05) is 30.3 Å². The summed E-state index contributed by atoms with van der Waals surface area (Å²) < 4.78 is 5.66. The van der Waals surface area contributed by atoms with Crippen LogP contribution in [0.3, 0.4) is 0 Å². The number of phenolic OH excluding ortho intramolecular Hbond substituents is 1. The molecular formula is C18H15NO3S2. The highest BCUT2D eigenvalue weighted by Gasteiger charge is 2.31. The van der Waals surface area contributed by atoms with Crippen LogP contribution < -0.4 is 4.74 Å². The van der Waals surface area contributed by atoms with Crippen LogP contribution in [0.4, 0.5) is 0 Å². The van der Waals surface area contributed by atoms with Crippen LogP contribution in [0.2, 0.25) is 0 Å². The summed E-state index contributed by atoms with van der Waals surface area (Å²) in [5, 5.41) is 9.53. The van der Waals surface area contributed by atoms with Crippen LogP contribution >= 0.6 is 24.0 Å². The number of benzene rings is 2. The number of carbonyl (C=O) groups excluding carboxylic acids is 1. The predicted octanol–water partition coefficient (Wildman–Crippen LogP) is 3.80. The fraction of sp³-hybridized carbons (Fsp3) is 0.111. The maximum Gasteiger partial charge on any atom is 0.266 e. The molecule has 6 heteroatoms. The molecule has 1 aliphatic heterocycles. The van der Waals surface area contributed by atoms with Gasteiger partial charge in [-0.1, -0.05) is 48.2 Å². The molecule has 1 amide bonds. The van der Waals surface area contributed by atoms with Gasteiger partial charge in [-0.05, 0) is 41.5 Å². The number of carbonyl (C=O) groups is 1. The molecule has 24 heavy (non-hydrogen) atoms. The normalized spacial score (nSPS) is 16.0. The minimum atomic E-state index is -0.121. The lowest BCUT2D eigenvalue weighted by atomic mass is 10.2. The molecule has 2 aromatic rings. The Morgan fingerprint density at radius 1 is 1.25 bits per heavy atom. The van der Waals surface area contributed by atoms with Crippen LogP contribution in [-0.4, -0.2) is 27.3 Å².